The highest BCUT2D eigenvalue weighted by molar-refractivity contribution is 7.11. The van der Waals surface area contributed by atoms with Crippen LogP contribution < -0.4 is 9.80 Å². The van der Waals surface area contributed by atoms with Crippen LogP contribution in [0.1, 0.15) is 4.88 Å². The molecule has 0 bridgehead atoms. The van der Waals surface area contributed by atoms with Crippen LogP contribution >= 0.6 is 11.3 Å². The first kappa shape index (κ1) is 17.5. The number of hydrogen-bond donors (Lipinski definition) is 1. The highest BCUT2D eigenvalue weighted by Crippen LogP contribution is 2.40. The molecule has 25 heavy (non-hydrogen) atoms. The zero-order valence-electron chi connectivity index (χ0n) is 15.2. The van der Waals surface area contributed by atoms with E-state index >= 15 is 0 Å². The number of aliphatic hydroxyl groups excluding tert-OH is 1. The quantitative estimate of drug-likeness (QED) is 0.720. The molecule has 0 aliphatic rings. The number of rotatable bonds is 5. The van der Waals surface area contributed by atoms with E-state index in [0.717, 1.165) is 16.0 Å². The van der Waals surface area contributed by atoms with E-state index < -0.39 is 0 Å². The van der Waals surface area contributed by atoms with Crippen molar-refractivity contribution >= 4 is 22.7 Å². The molecule has 0 unspecified atom stereocenters. The third-order valence-corrected chi connectivity index (χ3v) is 5.35. The Kier molecular flexibility index (Phi) is 5.11. The molecule has 4 heteroatoms. The first-order valence-electron chi connectivity index (χ1n) is 8.28. The van der Waals surface area contributed by atoms with Crippen LogP contribution in [0.3, 0.4) is 0 Å². The molecule has 1 aromatic heterocycles. The van der Waals surface area contributed by atoms with E-state index in [-0.39, 0.29) is 6.61 Å². The summed E-state index contributed by atoms with van der Waals surface area (Å²) in [6, 6.07) is 17.1. The lowest BCUT2D eigenvalue weighted by atomic mass is 9.96. The van der Waals surface area contributed by atoms with Crippen molar-refractivity contribution in [1.82, 2.24) is 0 Å². The maximum atomic E-state index is 9.80. The van der Waals surface area contributed by atoms with Gasteiger partial charge in [-0.25, -0.2) is 0 Å². The summed E-state index contributed by atoms with van der Waals surface area (Å²) in [6.45, 7) is 0.0607. The monoisotopic (exact) mass is 352 g/mol. The van der Waals surface area contributed by atoms with Crippen LogP contribution in [0.2, 0.25) is 0 Å². The van der Waals surface area contributed by atoms with Gasteiger partial charge in [0.1, 0.15) is 0 Å². The zero-order valence-corrected chi connectivity index (χ0v) is 16.0. The smallest absolute Gasteiger partial charge is 0.0780 e. The topological polar surface area (TPSA) is 26.7 Å². The molecule has 0 spiro atoms. The molecule has 0 saturated carbocycles. The van der Waals surface area contributed by atoms with Crippen molar-refractivity contribution in [2.45, 2.75) is 6.61 Å². The Morgan fingerprint density at radius 2 is 1.24 bits per heavy atom. The minimum atomic E-state index is 0.0607. The van der Waals surface area contributed by atoms with Crippen molar-refractivity contribution in [3.8, 4) is 22.3 Å². The average molecular weight is 353 g/mol. The van der Waals surface area contributed by atoms with Gasteiger partial charge in [0.15, 0.2) is 0 Å². The second-order valence-electron chi connectivity index (χ2n) is 6.49. The van der Waals surface area contributed by atoms with Gasteiger partial charge in [-0.05, 0) is 40.8 Å². The van der Waals surface area contributed by atoms with E-state index in [1.807, 2.05) is 28.2 Å². The van der Waals surface area contributed by atoms with Crippen LogP contribution in [0.15, 0.2) is 53.9 Å². The van der Waals surface area contributed by atoms with E-state index in [4.69, 9.17) is 0 Å². The molecule has 3 rings (SSSR count). The van der Waals surface area contributed by atoms with Gasteiger partial charge in [0.05, 0.1) is 6.61 Å². The Hall–Kier alpha value is -2.30. The van der Waals surface area contributed by atoms with Crippen molar-refractivity contribution in [2.24, 2.45) is 0 Å². The lowest BCUT2D eigenvalue weighted by Crippen LogP contribution is -2.08. The molecule has 0 radical (unpaired) electrons. The maximum Gasteiger partial charge on any atom is 0.0780 e. The van der Waals surface area contributed by atoms with Gasteiger partial charge in [-0.2, -0.15) is 0 Å². The van der Waals surface area contributed by atoms with Gasteiger partial charge in [0.25, 0.3) is 0 Å². The first-order valence-corrected chi connectivity index (χ1v) is 9.16. The molecule has 0 aliphatic carbocycles. The summed E-state index contributed by atoms with van der Waals surface area (Å²) < 4.78 is 0. The van der Waals surface area contributed by atoms with Gasteiger partial charge in [-0.1, -0.05) is 24.3 Å². The Bertz CT molecular complexity index is 833. The normalized spacial score (nSPS) is 10.8. The molecule has 1 N–H and O–H groups in total. The molecular weight excluding hydrogens is 328 g/mol. The fourth-order valence-corrected chi connectivity index (χ4v) is 3.84. The molecule has 2 aromatic carbocycles. The molecule has 1 heterocycles. The van der Waals surface area contributed by atoms with Gasteiger partial charge in [-0.3, -0.25) is 0 Å². The molecule has 3 nitrogen and oxygen atoms in total. The number of anilines is 2. The molecule has 0 saturated heterocycles. The summed E-state index contributed by atoms with van der Waals surface area (Å²) in [5.41, 5.74) is 6.97. The number of benzene rings is 2. The molecule has 0 amide bonds. The summed E-state index contributed by atoms with van der Waals surface area (Å²) in [6.07, 6.45) is 0. The van der Waals surface area contributed by atoms with E-state index in [0.29, 0.717) is 0 Å². The van der Waals surface area contributed by atoms with Crippen LogP contribution in [-0.2, 0) is 6.61 Å². The second-order valence-corrected chi connectivity index (χ2v) is 7.45. The highest BCUT2D eigenvalue weighted by Gasteiger charge is 2.15. The molecular formula is C21H24N2OS. The Balaban J connectivity index is 2.05. The lowest BCUT2D eigenvalue weighted by molar-refractivity contribution is 0.286. The standard InChI is InChI=1S/C21H24N2OS/c1-22(2)17-9-5-15(6-10-17)19-14-25-20(13-24)21(19)16-7-11-18(12-8-16)23(3)4/h5-12,14,24H,13H2,1-4H3. The van der Waals surface area contributed by atoms with Crippen LogP contribution in [0.5, 0.6) is 0 Å². The predicted octanol–water partition coefficient (Wildman–Crippen LogP) is 4.71. The van der Waals surface area contributed by atoms with E-state index in [9.17, 15) is 5.11 Å². The number of hydrogen-bond acceptors (Lipinski definition) is 4. The second kappa shape index (κ2) is 7.30. The number of aliphatic hydroxyl groups is 1. The van der Waals surface area contributed by atoms with Gasteiger partial charge < -0.3 is 14.9 Å². The van der Waals surface area contributed by atoms with Crippen molar-refractivity contribution in [2.75, 3.05) is 38.0 Å². The van der Waals surface area contributed by atoms with Gasteiger partial charge in [-0.15, -0.1) is 11.3 Å². The van der Waals surface area contributed by atoms with Crippen molar-refractivity contribution in [3.63, 3.8) is 0 Å². The fourth-order valence-electron chi connectivity index (χ4n) is 2.91. The van der Waals surface area contributed by atoms with Gasteiger partial charge >= 0.3 is 0 Å². The molecule has 0 aliphatic heterocycles. The average Bonchev–Trinajstić information content (AvgIpc) is 3.05. The van der Waals surface area contributed by atoms with E-state index in [2.05, 4.69) is 63.7 Å². The predicted molar refractivity (Wildman–Crippen MR) is 110 cm³/mol. The minimum Gasteiger partial charge on any atom is -0.391 e. The SMILES string of the molecule is CN(C)c1ccc(-c2csc(CO)c2-c2ccc(N(C)C)cc2)cc1. The molecule has 0 atom stereocenters. The Morgan fingerprint density at radius 3 is 1.68 bits per heavy atom. The lowest BCUT2D eigenvalue weighted by Gasteiger charge is -2.15. The summed E-state index contributed by atoms with van der Waals surface area (Å²) in [7, 11) is 8.16. The summed E-state index contributed by atoms with van der Waals surface area (Å²) in [5.74, 6) is 0. The van der Waals surface area contributed by atoms with Crippen LogP contribution in [-0.4, -0.2) is 33.3 Å². The zero-order chi connectivity index (χ0) is 18.0. The molecule has 0 fully saturated rings. The summed E-state index contributed by atoms with van der Waals surface area (Å²) in [4.78, 5) is 5.19. The van der Waals surface area contributed by atoms with Crippen LogP contribution in [0, 0.1) is 0 Å². The fraction of sp³-hybridized carbons (Fsp3) is 0.238. The highest BCUT2D eigenvalue weighted by atomic mass is 32.1. The Morgan fingerprint density at radius 1 is 0.760 bits per heavy atom. The third kappa shape index (κ3) is 3.55. The molecule has 3 aromatic rings. The molecule has 130 valence electrons. The van der Waals surface area contributed by atoms with Crippen molar-refractivity contribution in [1.29, 1.82) is 0 Å². The Labute approximate surface area is 153 Å². The number of thiophene rings is 1. The van der Waals surface area contributed by atoms with Crippen molar-refractivity contribution in [3.05, 3.63) is 58.8 Å². The minimum absolute atomic E-state index is 0.0607. The number of nitrogens with zero attached hydrogens (tertiary/aromatic N) is 2. The largest absolute Gasteiger partial charge is 0.391 e. The summed E-state index contributed by atoms with van der Waals surface area (Å²) >= 11 is 1.62. The van der Waals surface area contributed by atoms with Crippen molar-refractivity contribution < 1.29 is 5.11 Å². The van der Waals surface area contributed by atoms with Crippen LogP contribution in [0.25, 0.3) is 22.3 Å². The van der Waals surface area contributed by atoms with E-state index in [1.54, 1.807) is 11.3 Å². The van der Waals surface area contributed by atoms with E-state index in [1.165, 1.54) is 22.5 Å². The summed E-state index contributed by atoms with van der Waals surface area (Å²) in [5, 5.41) is 11.9. The first-order chi connectivity index (χ1) is 12.0. The maximum absolute atomic E-state index is 9.80. The third-order valence-electron chi connectivity index (χ3n) is 4.38. The van der Waals surface area contributed by atoms with Gasteiger partial charge in [0, 0.05) is 55.6 Å². The van der Waals surface area contributed by atoms with Crippen LogP contribution in [0.4, 0.5) is 11.4 Å². The van der Waals surface area contributed by atoms with Gasteiger partial charge in [0.2, 0.25) is 0 Å².